The molecule has 3 heterocycles. The van der Waals surface area contributed by atoms with Crippen molar-refractivity contribution in [3.8, 4) is 5.75 Å². The largest absolute Gasteiger partial charge is 0.497 e. The summed E-state index contributed by atoms with van der Waals surface area (Å²) in [6, 6.07) is 7.41. The van der Waals surface area contributed by atoms with Gasteiger partial charge in [0, 0.05) is 6.42 Å². The van der Waals surface area contributed by atoms with E-state index in [-0.39, 0.29) is 17.6 Å². The number of methoxy groups -OCH3 is 1. The van der Waals surface area contributed by atoms with Crippen LogP contribution in [0, 0.1) is 0 Å². The Bertz CT molecular complexity index is 771. The Hall–Kier alpha value is -1.65. The van der Waals surface area contributed by atoms with Gasteiger partial charge in [0.2, 0.25) is 0 Å². The van der Waals surface area contributed by atoms with E-state index < -0.39 is 30.6 Å². The molecule has 2 saturated heterocycles. The lowest BCUT2D eigenvalue weighted by Crippen LogP contribution is -2.62. The van der Waals surface area contributed by atoms with Crippen LogP contribution < -0.4 is 4.74 Å². The minimum absolute atomic E-state index is 0.215. The summed E-state index contributed by atoms with van der Waals surface area (Å²) in [5.74, 6) is -0.230. The number of thioether (sulfide) groups is 1. The molecule has 0 bridgehead atoms. The average molecular weight is 423 g/mol. The van der Waals surface area contributed by atoms with Gasteiger partial charge in [-0.3, -0.25) is 4.99 Å². The lowest BCUT2D eigenvalue weighted by Gasteiger charge is -2.47. The number of benzene rings is 1. The van der Waals surface area contributed by atoms with Crippen molar-refractivity contribution in [2.24, 2.45) is 4.99 Å². The van der Waals surface area contributed by atoms with Crippen molar-refractivity contribution in [1.82, 2.24) is 0 Å². The van der Waals surface area contributed by atoms with Crippen LogP contribution in [0.2, 0.25) is 0 Å². The van der Waals surface area contributed by atoms with Gasteiger partial charge in [-0.15, -0.1) is 0 Å². The summed E-state index contributed by atoms with van der Waals surface area (Å²) in [6.45, 7) is 3.79. The van der Waals surface area contributed by atoms with Crippen molar-refractivity contribution < 1.29 is 33.6 Å². The lowest BCUT2D eigenvalue weighted by molar-refractivity contribution is -0.307. The molecule has 7 atom stereocenters. The zero-order valence-electron chi connectivity index (χ0n) is 16.5. The topological polar surface area (TPSA) is 95.8 Å². The van der Waals surface area contributed by atoms with Gasteiger partial charge < -0.3 is 28.8 Å². The third-order valence-electron chi connectivity index (χ3n) is 5.26. The monoisotopic (exact) mass is 423 g/mol. The average Bonchev–Trinajstić information content (AvgIpc) is 3.08. The summed E-state index contributed by atoms with van der Waals surface area (Å²) in [5.41, 5.74) is 0.832. The molecule has 8 nitrogen and oxygen atoms in total. The summed E-state index contributed by atoms with van der Waals surface area (Å²) in [4.78, 5) is 16.0. The van der Waals surface area contributed by atoms with Crippen LogP contribution in [-0.4, -0.2) is 72.0 Å². The number of carboxylic acid groups (broad SMARTS) is 1. The van der Waals surface area contributed by atoms with Crippen molar-refractivity contribution >= 4 is 22.8 Å². The molecule has 0 saturated carbocycles. The third kappa shape index (κ3) is 4.44. The smallest absolute Gasteiger partial charge is 0.332 e. The predicted molar refractivity (Wildman–Crippen MR) is 106 cm³/mol. The highest BCUT2D eigenvalue weighted by Gasteiger charge is 2.53. The van der Waals surface area contributed by atoms with E-state index in [9.17, 15) is 9.90 Å². The number of ether oxygens (including phenoxy) is 5. The molecule has 9 heteroatoms. The second-order valence-corrected chi connectivity index (χ2v) is 8.59. The van der Waals surface area contributed by atoms with E-state index in [1.807, 2.05) is 31.2 Å². The number of carboxylic acids is 1. The highest BCUT2D eigenvalue weighted by Crippen LogP contribution is 2.41. The van der Waals surface area contributed by atoms with Crippen LogP contribution in [0.15, 0.2) is 29.3 Å². The molecular formula is C20H25NO7S. The molecule has 1 aromatic carbocycles. The molecule has 2 fully saturated rings. The standard InChI is InChI=1S/C20H25NO7S/c1-10(19(22)23)26-18-16-20(29-11(2)21-16)27-14-9-25-15(28-17(14)18)8-12-4-6-13(24-3)7-5-12/h4-7,10,14-18,20H,8-9H2,1-3H3,(H,22,23)/t10-,14-,15-,16-,17-,18-,20-/m1/s1. The SMILES string of the molecule is COc1ccc(C[C@@H]2OC[C@H]3O[C@@H]4SC(C)=N[C@@H]4[C@@H](O[C@H](C)C(=O)O)[C@@H]3O2)cc1. The van der Waals surface area contributed by atoms with Gasteiger partial charge >= 0.3 is 5.97 Å². The van der Waals surface area contributed by atoms with Crippen LogP contribution in [0.1, 0.15) is 19.4 Å². The van der Waals surface area contributed by atoms with Crippen LogP contribution in [0.4, 0.5) is 0 Å². The summed E-state index contributed by atoms with van der Waals surface area (Å²) in [7, 11) is 1.63. The first kappa shape index (κ1) is 20.6. The summed E-state index contributed by atoms with van der Waals surface area (Å²) < 4.78 is 29.3. The number of nitrogens with zero attached hydrogens (tertiary/aromatic N) is 1. The number of hydrogen-bond acceptors (Lipinski definition) is 8. The fraction of sp³-hybridized carbons (Fsp3) is 0.600. The summed E-state index contributed by atoms with van der Waals surface area (Å²) in [6.07, 6.45) is -2.19. The molecule has 3 aliphatic heterocycles. The van der Waals surface area contributed by atoms with E-state index in [0.717, 1.165) is 16.4 Å². The van der Waals surface area contributed by atoms with Gasteiger partial charge in [-0.1, -0.05) is 23.9 Å². The Labute approximate surface area is 173 Å². The number of carbonyl (C=O) groups is 1. The Kier molecular flexibility index (Phi) is 6.12. The van der Waals surface area contributed by atoms with Gasteiger partial charge in [0.1, 0.15) is 35.5 Å². The van der Waals surface area contributed by atoms with Gasteiger partial charge in [-0.25, -0.2) is 4.79 Å². The molecule has 0 aliphatic carbocycles. The van der Waals surface area contributed by atoms with E-state index in [1.54, 1.807) is 7.11 Å². The van der Waals surface area contributed by atoms with Crippen molar-refractivity contribution in [3.63, 3.8) is 0 Å². The maximum Gasteiger partial charge on any atom is 0.332 e. The van der Waals surface area contributed by atoms with E-state index in [0.29, 0.717) is 13.0 Å². The molecule has 0 aromatic heterocycles. The lowest BCUT2D eigenvalue weighted by atomic mass is 9.96. The number of fused-ring (bicyclic) bond motifs is 2. The molecular weight excluding hydrogens is 398 g/mol. The maximum absolute atomic E-state index is 11.4. The Morgan fingerprint density at radius 1 is 1.34 bits per heavy atom. The van der Waals surface area contributed by atoms with Crippen LogP contribution in [0.5, 0.6) is 5.75 Å². The zero-order chi connectivity index (χ0) is 20.5. The van der Waals surface area contributed by atoms with E-state index in [4.69, 9.17) is 23.7 Å². The maximum atomic E-state index is 11.4. The molecule has 0 unspecified atom stereocenters. The molecule has 29 heavy (non-hydrogen) atoms. The van der Waals surface area contributed by atoms with Gasteiger partial charge in [-0.05, 0) is 31.5 Å². The minimum Gasteiger partial charge on any atom is -0.497 e. The minimum atomic E-state index is -1.02. The highest BCUT2D eigenvalue weighted by atomic mass is 32.2. The molecule has 0 amide bonds. The fourth-order valence-corrected chi connectivity index (χ4v) is 4.83. The Morgan fingerprint density at radius 3 is 2.79 bits per heavy atom. The van der Waals surface area contributed by atoms with Gasteiger partial charge in [-0.2, -0.15) is 0 Å². The number of hydrogen-bond donors (Lipinski definition) is 1. The second kappa shape index (κ2) is 8.61. The molecule has 158 valence electrons. The van der Waals surface area contributed by atoms with Crippen molar-refractivity contribution in [3.05, 3.63) is 29.8 Å². The van der Waals surface area contributed by atoms with E-state index in [1.165, 1.54) is 18.7 Å². The molecule has 0 radical (unpaired) electrons. The van der Waals surface area contributed by atoms with Crippen molar-refractivity contribution in [1.29, 1.82) is 0 Å². The Balaban J connectivity index is 1.50. The summed E-state index contributed by atoms with van der Waals surface area (Å²) >= 11 is 1.53. The summed E-state index contributed by atoms with van der Waals surface area (Å²) in [5, 5.41) is 10.2. The van der Waals surface area contributed by atoms with E-state index in [2.05, 4.69) is 4.99 Å². The first-order valence-corrected chi connectivity index (χ1v) is 10.5. The number of aliphatic imine (C=N–C) groups is 1. The van der Waals surface area contributed by atoms with Crippen molar-refractivity contribution in [2.45, 2.75) is 62.5 Å². The molecule has 0 spiro atoms. The van der Waals surface area contributed by atoms with E-state index >= 15 is 0 Å². The van der Waals surface area contributed by atoms with Crippen molar-refractivity contribution in [2.75, 3.05) is 13.7 Å². The molecule has 1 N–H and O–H groups in total. The number of rotatable bonds is 6. The second-order valence-electron chi connectivity index (χ2n) is 7.30. The first-order valence-electron chi connectivity index (χ1n) is 9.59. The number of aliphatic carboxylic acids is 1. The van der Waals surface area contributed by atoms with Gasteiger partial charge in [0.25, 0.3) is 0 Å². The predicted octanol–water partition coefficient (Wildman–Crippen LogP) is 2.10. The fourth-order valence-electron chi connectivity index (χ4n) is 3.76. The quantitative estimate of drug-likeness (QED) is 0.743. The highest BCUT2D eigenvalue weighted by molar-refractivity contribution is 8.14. The van der Waals surface area contributed by atoms with Crippen LogP contribution >= 0.6 is 11.8 Å². The van der Waals surface area contributed by atoms with Crippen LogP contribution in [0.3, 0.4) is 0 Å². The van der Waals surface area contributed by atoms with Gasteiger partial charge in [0.05, 0.1) is 18.8 Å². The third-order valence-corrected chi connectivity index (χ3v) is 6.33. The molecule has 4 rings (SSSR count). The first-order chi connectivity index (χ1) is 13.9. The molecule has 3 aliphatic rings. The van der Waals surface area contributed by atoms with Crippen LogP contribution in [0.25, 0.3) is 0 Å². The molecule has 1 aromatic rings. The van der Waals surface area contributed by atoms with Crippen LogP contribution in [-0.2, 0) is 30.2 Å². The normalized spacial score (nSPS) is 34.7. The zero-order valence-corrected chi connectivity index (χ0v) is 17.3. The Morgan fingerprint density at radius 2 is 2.10 bits per heavy atom. The van der Waals surface area contributed by atoms with Gasteiger partial charge in [0.15, 0.2) is 12.4 Å².